The molecule has 1 atom stereocenters. The molecule has 2 heterocycles. The van der Waals surface area contributed by atoms with Crippen molar-refractivity contribution in [2.24, 2.45) is 0 Å². The quantitative estimate of drug-likeness (QED) is 0.731. The highest BCUT2D eigenvalue weighted by atomic mass is 32.2. The number of ketones is 1. The van der Waals surface area contributed by atoms with Gasteiger partial charge in [-0.3, -0.25) is 4.79 Å². The van der Waals surface area contributed by atoms with E-state index in [4.69, 9.17) is 0 Å². The lowest BCUT2D eigenvalue weighted by Gasteiger charge is -2.33. The number of halogens is 4. The number of rotatable bonds is 1. The molecule has 0 spiro atoms. The Bertz CT molecular complexity index is 1020. The summed E-state index contributed by atoms with van der Waals surface area (Å²) in [4.78, 5) is 12.5. The van der Waals surface area contributed by atoms with Gasteiger partial charge in [0.2, 0.25) is 0 Å². The summed E-state index contributed by atoms with van der Waals surface area (Å²) in [6.07, 6.45) is -3.41. The van der Waals surface area contributed by atoms with Gasteiger partial charge in [0.1, 0.15) is 5.82 Å². The van der Waals surface area contributed by atoms with Gasteiger partial charge in [0.15, 0.2) is 15.6 Å². The maximum atomic E-state index is 13.7. The lowest BCUT2D eigenvalue weighted by Crippen LogP contribution is -2.32. The molecule has 0 radical (unpaired) electrons. The van der Waals surface area contributed by atoms with Crippen molar-refractivity contribution in [1.29, 1.82) is 0 Å². The third-order valence-corrected chi connectivity index (χ3v) is 7.09. The Morgan fingerprint density at radius 2 is 1.81 bits per heavy atom. The first-order valence-corrected chi connectivity index (χ1v) is 10.1. The van der Waals surface area contributed by atoms with Crippen molar-refractivity contribution in [1.82, 2.24) is 5.32 Å². The first-order valence-electron chi connectivity index (χ1n) is 8.45. The summed E-state index contributed by atoms with van der Waals surface area (Å²) in [6.45, 7) is 0. The minimum absolute atomic E-state index is 0.0362. The molecule has 3 aliphatic rings. The second-order valence-electron chi connectivity index (χ2n) is 6.88. The number of nitrogens with one attached hydrogen (secondary N) is 1. The number of Topliss-reactive ketones (excluding diaryl/α,β-unsaturated/α-hetero) is 1. The largest absolute Gasteiger partial charge is 0.419 e. The molecule has 0 amide bonds. The zero-order valence-electron chi connectivity index (χ0n) is 14.0. The summed E-state index contributed by atoms with van der Waals surface area (Å²) in [5.41, 5.74) is -0.339. The number of hydrogen-bond acceptors (Lipinski definition) is 4. The van der Waals surface area contributed by atoms with E-state index in [9.17, 15) is 30.8 Å². The van der Waals surface area contributed by atoms with Gasteiger partial charge in [-0.2, -0.15) is 13.2 Å². The first kappa shape index (κ1) is 18.2. The number of benzene rings is 1. The van der Waals surface area contributed by atoms with Crippen LogP contribution in [0.25, 0.3) is 0 Å². The fraction of sp³-hybridized carbons (Fsp3) is 0.389. The molecule has 2 aliphatic heterocycles. The number of hydrogen-bond donors (Lipinski definition) is 1. The Labute approximate surface area is 152 Å². The topological polar surface area (TPSA) is 63.2 Å². The minimum atomic E-state index is -4.92. The number of carbonyl (C=O) groups is 1. The van der Waals surface area contributed by atoms with Gasteiger partial charge in [-0.25, -0.2) is 12.8 Å². The fourth-order valence-corrected chi connectivity index (χ4v) is 5.87. The highest BCUT2D eigenvalue weighted by molar-refractivity contribution is 7.95. The van der Waals surface area contributed by atoms with E-state index < -0.39 is 33.3 Å². The van der Waals surface area contributed by atoms with Crippen LogP contribution < -0.4 is 5.32 Å². The molecule has 27 heavy (non-hydrogen) atoms. The van der Waals surface area contributed by atoms with Crippen LogP contribution in [-0.4, -0.2) is 20.0 Å². The summed E-state index contributed by atoms with van der Waals surface area (Å²) in [5, 5.41) is 3.02. The lowest BCUT2D eigenvalue weighted by atomic mass is 9.79. The molecular formula is C18H15F4NO3S. The van der Waals surface area contributed by atoms with Crippen molar-refractivity contribution >= 4 is 15.6 Å². The zero-order chi connectivity index (χ0) is 19.6. The van der Waals surface area contributed by atoms with E-state index in [1.165, 1.54) is 0 Å². The molecule has 0 unspecified atom stereocenters. The number of dihydropyridines is 1. The summed E-state index contributed by atoms with van der Waals surface area (Å²) >= 11 is 0. The molecule has 0 saturated heterocycles. The molecule has 1 N–H and O–H groups in total. The predicted molar refractivity (Wildman–Crippen MR) is 88.6 cm³/mol. The molecule has 1 aromatic rings. The van der Waals surface area contributed by atoms with Crippen molar-refractivity contribution in [3.05, 3.63) is 57.0 Å². The monoisotopic (exact) mass is 401 g/mol. The van der Waals surface area contributed by atoms with Crippen molar-refractivity contribution < 1.29 is 30.8 Å². The van der Waals surface area contributed by atoms with E-state index in [2.05, 4.69) is 5.32 Å². The summed E-state index contributed by atoms with van der Waals surface area (Å²) < 4.78 is 78.4. The standard InChI is InChI=1S/C18H15F4NO3S/c19-11-5-4-9(8-10(11)18(20,21)22)15-16-12(2-1-3-14(16)24)23-13-6-7-27(25,26)17(13)15/h4-5,8,15,23H,1-3,6-7H2/t15-/m0/s1. The maximum absolute atomic E-state index is 13.7. The third kappa shape index (κ3) is 2.88. The van der Waals surface area contributed by atoms with Crippen LogP contribution in [-0.2, 0) is 20.8 Å². The van der Waals surface area contributed by atoms with E-state index in [1.54, 1.807) is 0 Å². The maximum Gasteiger partial charge on any atom is 0.419 e. The van der Waals surface area contributed by atoms with Crippen molar-refractivity contribution in [2.75, 3.05) is 5.75 Å². The smallest absolute Gasteiger partial charge is 0.361 e. The van der Waals surface area contributed by atoms with Crippen LogP contribution in [0, 0.1) is 5.82 Å². The predicted octanol–water partition coefficient (Wildman–Crippen LogP) is 3.57. The minimum Gasteiger partial charge on any atom is -0.361 e. The molecule has 0 aromatic heterocycles. The second kappa shape index (κ2) is 5.92. The number of alkyl halides is 3. The Balaban J connectivity index is 1.96. The van der Waals surface area contributed by atoms with E-state index in [0.717, 1.165) is 6.07 Å². The number of sulfone groups is 1. The van der Waals surface area contributed by atoms with E-state index in [0.29, 0.717) is 36.4 Å². The van der Waals surface area contributed by atoms with Crippen molar-refractivity contribution in [3.63, 3.8) is 0 Å². The van der Waals surface area contributed by atoms with Crippen LogP contribution in [0.4, 0.5) is 17.6 Å². The first-order chi connectivity index (χ1) is 12.6. The molecule has 4 nitrogen and oxygen atoms in total. The fourth-order valence-electron chi connectivity index (χ4n) is 4.03. The average molecular weight is 401 g/mol. The van der Waals surface area contributed by atoms with Gasteiger partial charge in [0.05, 0.1) is 22.1 Å². The summed E-state index contributed by atoms with van der Waals surface area (Å²) in [5.74, 6) is -3.02. The van der Waals surface area contributed by atoms with Crippen molar-refractivity contribution in [3.8, 4) is 0 Å². The van der Waals surface area contributed by atoms with Gasteiger partial charge < -0.3 is 5.32 Å². The molecule has 9 heteroatoms. The van der Waals surface area contributed by atoms with E-state index >= 15 is 0 Å². The van der Waals surface area contributed by atoms with Crippen LogP contribution in [0.15, 0.2) is 40.1 Å². The molecule has 0 fully saturated rings. The Kier molecular flexibility index (Phi) is 3.99. The van der Waals surface area contributed by atoms with Gasteiger partial charge in [0.25, 0.3) is 0 Å². The Morgan fingerprint density at radius 1 is 1.07 bits per heavy atom. The molecule has 144 valence electrons. The summed E-state index contributed by atoms with van der Waals surface area (Å²) in [7, 11) is -3.72. The number of allylic oxidation sites excluding steroid dienone is 4. The van der Waals surface area contributed by atoms with Crippen LogP contribution >= 0.6 is 0 Å². The van der Waals surface area contributed by atoms with Gasteiger partial charge in [-0.1, -0.05) is 6.07 Å². The van der Waals surface area contributed by atoms with Gasteiger partial charge >= 0.3 is 6.18 Å². The van der Waals surface area contributed by atoms with Crippen LogP contribution in [0.5, 0.6) is 0 Å². The Morgan fingerprint density at radius 3 is 2.52 bits per heavy atom. The summed E-state index contributed by atoms with van der Waals surface area (Å²) in [6, 6.07) is 2.43. The van der Waals surface area contributed by atoms with E-state index in [-0.39, 0.29) is 40.4 Å². The Hall–Kier alpha value is -2.16. The van der Waals surface area contributed by atoms with E-state index in [1.807, 2.05) is 0 Å². The van der Waals surface area contributed by atoms with Gasteiger partial charge in [0, 0.05) is 29.8 Å². The van der Waals surface area contributed by atoms with Crippen LogP contribution in [0.2, 0.25) is 0 Å². The van der Waals surface area contributed by atoms with Gasteiger partial charge in [-0.15, -0.1) is 0 Å². The highest BCUT2D eigenvalue weighted by Gasteiger charge is 2.45. The average Bonchev–Trinajstić information content (AvgIpc) is 2.88. The molecular weight excluding hydrogens is 386 g/mol. The lowest BCUT2D eigenvalue weighted by molar-refractivity contribution is -0.140. The van der Waals surface area contributed by atoms with Crippen LogP contribution in [0.3, 0.4) is 0 Å². The highest BCUT2D eigenvalue weighted by Crippen LogP contribution is 2.48. The SMILES string of the molecule is O=C1CCCC2=C1[C@H](c1ccc(F)c(C(F)(F)F)c1)C1=C(CCS1(=O)=O)N2. The second-order valence-corrected chi connectivity index (χ2v) is 8.95. The van der Waals surface area contributed by atoms with Crippen LogP contribution in [0.1, 0.15) is 42.7 Å². The molecule has 4 rings (SSSR count). The number of carbonyl (C=O) groups excluding carboxylic acids is 1. The molecule has 0 bridgehead atoms. The normalized spacial score (nSPS) is 24.6. The molecule has 0 saturated carbocycles. The third-order valence-electron chi connectivity index (χ3n) is 5.19. The zero-order valence-corrected chi connectivity index (χ0v) is 14.8. The molecule has 1 aromatic carbocycles. The van der Waals surface area contributed by atoms with Gasteiger partial charge in [-0.05, 0) is 30.5 Å². The van der Waals surface area contributed by atoms with Crippen molar-refractivity contribution in [2.45, 2.75) is 37.8 Å². The molecule has 1 aliphatic carbocycles.